The zero-order valence-corrected chi connectivity index (χ0v) is 16.8. The van der Waals surface area contributed by atoms with Gasteiger partial charge in [-0.1, -0.05) is 29.4 Å². The van der Waals surface area contributed by atoms with Crippen LogP contribution in [0.2, 0.25) is 0 Å². The number of anilines is 1. The Bertz CT molecular complexity index is 1030. The second-order valence-electron chi connectivity index (χ2n) is 7.19. The third-order valence-electron chi connectivity index (χ3n) is 5.43. The maximum Gasteiger partial charge on any atom is 0.322 e. The van der Waals surface area contributed by atoms with Crippen molar-refractivity contribution in [2.75, 3.05) is 19.0 Å². The zero-order chi connectivity index (χ0) is 20.4. The molecule has 0 bridgehead atoms. The molecule has 0 spiro atoms. The molecule has 2 aromatic carbocycles. The topological polar surface area (TPSA) is 80.5 Å². The molecular formula is C22H24N4O3. The third-order valence-corrected chi connectivity index (χ3v) is 5.43. The lowest BCUT2D eigenvalue weighted by Gasteiger charge is -2.23. The molecule has 1 unspecified atom stereocenters. The minimum absolute atomic E-state index is 0.154. The fraction of sp³-hybridized carbons (Fsp3) is 0.318. The van der Waals surface area contributed by atoms with Crippen LogP contribution < -0.4 is 10.1 Å². The Kier molecular flexibility index (Phi) is 5.20. The van der Waals surface area contributed by atoms with Gasteiger partial charge in [-0.2, -0.15) is 4.98 Å². The average Bonchev–Trinajstić information content (AvgIpc) is 3.40. The summed E-state index contributed by atoms with van der Waals surface area (Å²) in [7, 11) is 1.61. The van der Waals surface area contributed by atoms with Crippen LogP contribution in [0.25, 0.3) is 11.4 Å². The number of urea groups is 1. The number of hydrogen-bond acceptors (Lipinski definition) is 5. The lowest BCUT2D eigenvalue weighted by atomic mass is 10.1. The fourth-order valence-electron chi connectivity index (χ4n) is 3.65. The number of carbonyl (C=O) groups excluding carboxylic acids is 1. The van der Waals surface area contributed by atoms with Gasteiger partial charge in [0, 0.05) is 12.2 Å². The Labute approximate surface area is 169 Å². The van der Waals surface area contributed by atoms with Crippen molar-refractivity contribution in [3.05, 3.63) is 59.5 Å². The van der Waals surface area contributed by atoms with Crippen LogP contribution in [-0.4, -0.2) is 34.7 Å². The molecule has 0 aliphatic carbocycles. The van der Waals surface area contributed by atoms with Gasteiger partial charge in [-0.15, -0.1) is 0 Å². The van der Waals surface area contributed by atoms with E-state index in [1.807, 2.05) is 56.3 Å². The number of benzene rings is 2. The van der Waals surface area contributed by atoms with E-state index >= 15 is 0 Å². The van der Waals surface area contributed by atoms with Crippen LogP contribution >= 0.6 is 0 Å². The van der Waals surface area contributed by atoms with Crippen LogP contribution in [0.15, 0.2) is 47.0 Å². The predicted molar refractivity (Wildman–Crippen MR) is 110 cm³/mol. The number of hydrogen-bond donors (Lipinski definition) is 1. The van der Waals surface area contributed by atoms with Gasteiger partial charge in [0.15, 0.2) is 0 Å². The highest BCUT2D eigenvalue weighted by Crippen LogP contribution is 2.34. The lowest BCUT2D eigenvalue weighted by Crippen LogP contribution is -2.34. The Morgan fingerprint density at radius 2 is 2.03 bits per heavy atom. The molecule has 1 atom stereocenters. The maximum atomic E-state index is 12.9. The molecule has 2 amide bonds. The van der Waals surface area contributed by atoms with Crippen LogP contribution in [0.3, 0.4) is 0 Å². The number of carbonyl (C=O) groups is 1. The largest absolute Gasteiger partial charge is 0.496 e. The average molecular weight is 392 g/mol. The van der Waals surface area contributed by atoms with E-state index in [1.165, 1.54) is 0 Å². The van der Waals surface area contributed by atoms with Gasteiger partial charge in [0.2, 0.25) is 11.7 Å². The summed E-state index contributed by atoms with van der Waals surface area (Å²) in [5.74, 6) is 1.58. The normalized spacial score (nSPS) is 16.1. The van der Waals surface area contributed by atoms with Crippen LogP contribution in [-0.2, 0) is 0 Å². The van der Waals surface area contributed by atoms with E-state index in [1.54, 1.807) is 12.0 Å². The van der Waals surface area contributed by atoms with Crippen molar-refractivity contribution in [3.63, 3.8) is 0 Å². The van der Waals surface area contributed by atoms with Crippen molar-refractivity contribution in [1.29, 1.82) is 0 Å². The summed E-state index contributed by atoms with van der Waals surface area (Å²) in [4.78, 5) is 19.3. The van der Waals surface area contributed by atoms with E-state index < -0.39 is 0 Å². The minimum atomic E-state index is -0.240. The maximum absolute atomic E-state index is 12.9. The Morgan fingerprint density at radius 3 is 2.86 bits per heavy atom. The van der Waals surface area contributed by atoms with E-state index in [0.29, 0.717) is 24.0 Å². The minimum Gasteiger partial charge on any atom is -0.496 e. The smallest absolute Gasteiger partial charge is 0.322 e. The van der Waals surface area contributed by atoms with Crippen molar-refractivity contribution >= 4 is 11.7 Å². The molecule has 1 aliphatic rings. The first-order valence-electron chi connectivity index (χ1n) is 9.69. The Hall–Kier alpha value is -3.35. The second kappa shape index (κ2) is 7.95. The summed E-state index contributed by atoms with van der Waals surface area (Å²) in [6.07, 6.45) is 1.67. The highest BCUT2D eigenvalue weighted by atomic mass is 16.5. The number of aryl methyl sites for hydroxylation is 1. The van der Waals surface area contributed by atoms with Gasteiger partial charge in [0.05, 0.1) is 12.7 Å². The number of nitrogens with zero attached hydrogens (tertiary/aromatic N) is 3. The summed E-state index contributed by atoms with van der Waals surface area (Å²) in [6.45, 7) is 4.68. The van der Waals surface area contributed by atoms with Gasteiger partial charge in [0.25, 0.3) is 0 Å². The van der Waals surface area contributed by atoms with Gasteiger partial charge in [-0.25, -0.2) is 4.79 Å². The number of aromatic nitrogens is 2. The number of ether oxygens (including phenoxy) is 1. The highest BCUT2D eigenvalue weighted by molar-refractivity contribution is 5.90. The van der Waals surface area contributed by atoms with Crippen LogP contribution in [0.4, 0.5) is 10.5 Å². The van der Waals surface area contributed by atoms with Gasteiger partial charge >= 0.3 is 6.03 Å². The molecule has 0 saturated carbocycles. The monoisotopic (exact) mass is 392 g/mol. The van der Waals surface area contributed by atoms with Crippen LogP contribution in [0, 0.1) is 13.8 Å². The molecule has 7 nitrogen and oxygen atoms in total. The molecule has 150 valence electrons. The standard InChI is InChI=1S/C22H24N4O3/c1-14-8-6-10-17(15(14)2)23-22(27)26-13-7-11-18(26)21-24-20(25-29-21)16-9-4-5-12-19(16)28-3/h4-6,8-10,12,18H,7,11,13H2,1-3H3,(H,23,27). The number of amides is 2. The molecule has 0 radical (unpaired) electrons. The molecular weight excluding hydrogens is 368 g/mol. The quantitative estimate of drug-likeness (QED) is 0.694. The molecule has 1 N–H and O–H groups in total. The zero-order valence-electron chi connectivity index (χ0n) is 16.8. The predicted octanol–water partition coefficient (Wildman–Crippen LogP) is 4.73. The molecule has 7 heteroatoms. The fourth-order valence-corrected chi connectivity index (χ4v) is 3.65. The number of likely N-dealkylation sites (tertiary alicyclic amines) is 1. The molecule has 2 heterocycles. The molecule has 1 aromatic heterocycles. The van der Waals surface area contributed by atoms with Gasteiger partial charge in [0.1, 0.15) is 11.8 Å². The van der Waals surface area contributed by atoms with Gasteiger partial charge in [-0.3, -0.25) is 0 Å². The molecule has 29 heavy (non-hydrogen) atoms. The Balaban J connectivity index is 1.55. The van der Waals surface area contributed by atoms with Crippen LogP contribution in [0.1, 0.15) is 35.9 Å². The number of rotatable bonds is 4. The lowest BCUT2D eigenvalue weighted by molar-refractivity contribution is 0.193. The van der Waals surface area contributed by atoms with E-state index in [9.17, 15) is 4.79 Å². The van der Waals surface area contributed by atoms with Crippen molar-refractivity contribution in [2.45, 2.75) is 32.7 Å². The van der Waals surface area contributed by atoms with Crippen molar-refractivity contribution in [3.8, 4) is 17.1 Å². The molecule has 1 saturated heterocycles. The summed E-state index contributed by atoms with van der Waals surface area (Å²) in [5.41, 5.74) is 3.78. The first kappa shape index (κ1) is 19.0. The summed E-state index contributed by atoms with van der Waals surface area (Å²) in [5, 5.41) is 7.15. The van der Waals surface area contributed by atoms with Crippen molar-refractivity contribution < 1.29 is 14.1 Å². The van der Waals surface area contributed by atoms with Gasteiger partial charge < -0.3 is 19.5 Å². The molecule has 4 rings (SSSR count). The van der Waals surface area contributed by atoms with E-state index in [-0.39, 0.29) is 12.1 Å². The second-order valence-corrected chi connectivity index (χ2v) is 7.19. The van der Waals surface area contributed by atoms with E-state index in [0.717, 1.165) is 35.2 Å². The van der Waals surface area contributed by atoms with Gasteiger partial charge in [-0.05, 0) is 56.0 Å². The number of para-hydroxylation sites is 1. The SMILES string of the molecule is COc1ccccc1-c1noc(C2CCCN2C(=O)Nc2cccc(C)c2C)n1. The van der Waals surface area contributed by atoms with Crippen molar-refractivity contribution in [2.24, 2.45) is 0 Å². The third kappa shape index (κ3) is 3.68. The van der Waals surface area contributed by atoms with E-state index in [4.69, 9.17) is 9.26 Å². The summed E-state index contributed by atoms with van der Waals surface area (Å²) < 4.78 is 10.9. The summed E-state index contributed by atoms with van der Waals surface area (Å²) >= 11 is 0. The molecule has 1 aliphatic heterocycles. The number of methoxy groups -OCH3 is 1. The molecule has 3 aromatic rings. The van der Waals surface area contributed by atoms with E-state index in [2.05, 4.69) is 15.5 Å². The number of nitrogens with one attached hydrogen (secondary N) is 1. The summed E-state index contributed by atoms with van der Waals surface area (Å²) in [6, 6.07) is 13.0. The van der Waals surface area contributed by atoms with Crippen molar-refractivity contribution in [1.82, 2.24) is 15.0 Å². The highest BCUT2D eigenvalue weighted by Gasteiger charge is 2.34. The molecule has 1 fully saturated rings. The van der Waals surface area contributed by atoms with Crippen LogP contribution in [0.5, 0.6) is 5.75 Å². The first-order chi connectivity index (χ1) is 14.1. The Morgan fingerprint density at radius 1 is 1.21 bits per heavy atom. The first-order valence-corrected chi connectivity index (χ1v) is 9.69.